The van der Waals surface area contributed by atoms with Crippen molar-refractivity contribution in [2.75, 3.05) is 45.7 Å². The highest BCUT2D eigenvalue weighted by molar-refractivity contribution is 5.90. The molecule has 28 heavy (non-hydrogen) atoms. The Bertz CT molecular complexity index is 791. The molecule has 0 radical (unpaired) electrons. The minimum Gasteiger partial charge on any atom is -0.376 e. The number of anilines is 1. The SMILES string of the molecule is CN(C)CCN(CC1CCCO1)C(=O)Nc1cccc(-c2cccc(F)c2)c1. The third-order valence-electron chi connectivity index (χ3n) is 4.82. The van der Waals surface area contributed by atoms with Crippen LogP contribution in [0.15, 0.2) is 48.5 Å². The van der Waals surface area contributed by atoms with Crippen LogP contribution in [0.2, 0.25) is 0 Å². The maximum Gasteiger partial charge on any atom is 0.321 e. The topological polar surface area (TPSA) is 44.8 Å². The summed E-state index contributed by atoms with van der Waals surface area (Å²) in [7, 11) is 3.98. The normalized spacial score (nSPS) is 16.4. The highest BCUT2D eigenvalue weighted by atomic mass is 19.1. The minimum absolute atomic E-state index is 0.103. The third-order valence-corrected chi connectivity index (χ3v) is 4.82. The van der Waals surface area contributed by atoms with Crippen LogP contribution in [0.4, 0.5) is 14.9 Å². The number of ether oxygens (including phenoxy) is 1. The van der Waals surface area contributed by atoms with E-state index in [0.29, 0.717) is 18.8 Å². The van der Waals surface area contributed by atoms with E-state index in [1.54, 1.807) is 6.07 Å². The summed E-state index contributed by atoms with van der Waals surface area (Å²) >= 11 is 0. The van der Waals surface area contributed by atoms with Crippen molar-refractivity contribution in [2.45, 2.75) is 18.9 Å². The molecule has 2 aromatic rings. The Labute approximate surface area is 166 Å². The van der Waals surface area contributed by atoms with Crippen molar-refractivity contribution in [1.82, 2.24) is 9.80 Å². The van der Waals surface area contributed by atoms with Crippen LogP contribution < -0.4 is 5.32 Å². The van der Waals surface area contributed by atoms with Crippen molar-refractivity contribution >= 4 is 11.7 Å². The van der Waals surface area contributed by atoms with Gasteiger partial charge in [0.05, 0.1) is 6.10 Å². The standard InChI is InChI=1S/C22H28FN3O2/c1-25(2)11-12-26(16-21-10-5-13-28-21)22(27)24-20-9-4-7-18(15-20)17-6-3-8-19(23)14-17/h3-4,6-9,14-15,21H,5,10-13,16H2,1-2H3,(H,24,27). The zero-order chi connectivity index (χ0) is 19.9. The van der Waals surface area contributed by atoms with Crippen molar-refractivity contribution in [1.29, 1.82) is 0 Å². The molecule has 6 heteroatoms. The fourth-order valence-corrected chi connectivity index (χ4v) is 3.28. The van der Waals surface area contributed by atoms with Gasteiger partial charge >= 0.3 is 6.03 Å². The van der Waals surface area contributed by atoms with E-state index in [0.717, 1.165) is 37.1 Å². The van der Waals surface area contributed by atoms with E-state index in [4.69, 9.17) is 4.74 Å². The van der Waals surface area contributed by atoms with E-state index < -0.39 is 0 Å². The van der Waals surface area contributed by atoms with Crippen LogP contribution in [0.1, 0.15) is 12.8 Å². The summed E-state index contributed by atoms with van der Waals surface area (Å²) < 4.78 is 19.2. The molecular weight excluding hydrogens is 357 g/mol. The molecule has 1 heterocycles. The van der Waals surface area contributed by atoms with Crippen LogP contribution in [-0.2, 0) is 4.74 Å². The molecule has 2 aromatic carbocycles. The van der Waals surface area contributed by atoms with Crippen LogP contribution in [0.25, 0.3) is 11.1 Å². The van der Waals surface area contributed by atoms with Gasteiger partial charge in [-0.25, -0.2) is 9.18 Å². The summed E-state index contributed by atoms with van der Waals surface area (Å²) in [4.78, 5) is 16.8. The van der Waals surface area contributed by atoms with Crippen molar-refractivity contribution in [2.24, 2.45) is 0 Å². The molecule has 0 spiro atoms. The molecule has 3 rings (SSSR count). The van der Waals surface area contributed by atoms with Gasteiger partial charge in [-0.15, -0.1) is 0 Å². The summed E-state index contributed by atoms with van der Waals surface area (Å²) in [5, 5.41) is 2.98. The molecule has 0 bridgehead atoms. The van der Waals surface area contributed by atoms with Gasteiger partial charge in [0.25, 0.3) is 0 Å². The van der Waals surface area contributed by atoms with Crippen molar-refractivity contribution in [3.8, 4) is 11.1 Å². The molecule has 0 aromatic heterocycles. The fraction of sp³-hybridized carbons (Fsp3) is 0.409. The van der Waals surface area contributed by atoms with Gasteiger partial charge in [-0.2, -0.15) is 0 Å². The third kappa shape index (κ3) is 5.78. The number of amides is 2. The summed E-state index contributed by atoms with van der Waals surface area (Å²) in [5.74, 6) is -0.279. The van der Waals surface area contributed by atoms with Crippen molar-refractivity contribution < 1.29 is 13.9 Å². The van der Waals surface area contributed by atoms with Gasteiger partial charge in [-0.1, -0.05) is 24.3 Å². The smallest absolute Gasteiger partial charge is 0.321 e. The summed E-state index contributed by atoms with van der Waals surface area (Å²) in [5.41, 5.74) is 2.32. The Morgan fingerprint density at radius 1 is 1.14 bits per heavy atom. The van der Waals surface area contributed by atoms with Crippen LogP contribution in [0.3, 0.4) is 0 Å². The first-order valence-electron chi connectivity index (χ1n) is 9.69. The molecule has 1 N–H and O–H groups in total. The Kier molecular flexibility index (Phi) is 7.01. The van der Waals surface area contributed by atoms with Crippen LogP contribution >= 0.6 is 0 Å². The van der Waals surface area contributed by atoms with E-state index in [1.165, 1.54) is 12.1 Å². The van der Waals surface area contributed by atoms with E-state index in [1.807, 2.05) is 49.3 Å². The zero-order valence-corrected chi connectivity index (χ0v) is 16.5. The molecule has 1 atom stereocenters. The average Bonchev–Trinajstić information content (AvgIpc) is 3.18. The van der Waals surface area contributed by atoms with Gasteiger partial charge in [-0.3, -0.25) is 0 Å². The summed E-state index contributed by atoms with van der Waals surface area (Å²) in [6.07, 6.45) is 2.14. The Hall–Kier alpha value is -2.44. The monoisotopic (exact) mass is 385 g/mol. The number of carbonyl (C=O) groups excluding carboxylic acids is 1. The van der Waals surface area contributed by atoms with E-state index in [2.05, 4.69) is 10.2 Å². The van der Waals surface area contributed by atoms with Gasteiger partial charge in [0, 0.05) is 31.9 Å². The lowest BCUT2D eigenvalue weighted by Crippen LogP contribution is -2.43. The molecule has 2 amide bonds. The second kappa shape index (κ2) is 9.66. The van der Waals surface area contributed by atoms with Gasteiger partial charge in [0.2, 0.25) is 0 Å². The maximum absolute atomic E-state index is 13.5. The fourth-order valence-electron chi connectivity index (χ4n) is 3.28. The molecule has 5 nitrogen and oxygen atoms in total. The van der Waals surface area contributed by atoms with Crippen LogP contribution in [-0.4, -0.2) is 62.3 Å². The van der Waals surface area contributed by atoms with Crippen LogP contribution in [0, 0.1) is 5.82 Å². The number of rotatable bonds is 7. The molecule has 150 valence electrons. The Morgan fingerprint density at radius 2 is 1.89 bits per heavy atom. The molecule has 1 aliphatic rings. The predicted octanol–water partition coefficient (Wildman–Crippen LogP) is 4.07. The minimum atomic E-state index is -0.279. The first-order chi connectivity index (χ1) is 13.5. The zero-order valence-electron chi connectivity index (χ0n) is 16.5. The number of halogens is 1. The number of carbonyl (C=O) groups is 1. The lowest BCUT2D eigenvalue weighted by atomic mass is 10.1. The number of hydrogen-bond donors (Lipinski definition) is 1. The molecule has 0 saturated carbocycles. The summed E-state index contributed by atoms with van der Waals surface area (Å²) in [6.45, 7) is 2.76. The molecular formula is C22H28FN3O2. The Morgan fingerprint density at radius 3 is 2.57 bits per heavy atom. The lowest BCUT2D eigenvalue weighted by Gasteiger charge is -2.27. The first-order valence-corrected chi connectivity index (χ1v) is 9.69. The highest BCUT2D eigenvalue weighted by Crippen LogP contribution is 2.23. The van der Waals surface area contributed by atoms with Crippen molar-refractivity contribution in [3.63, 3.8) is 0 Å². The molecule has 1 unspecified atom stereocenters. The predicted molar refractivity (Wildman–Crippen MR) is 110 cm³/mol. The van der Waals surface area contributed by atoms with Gasteiger partial charge in [-0.05, 0) is 62.3 Å². The second-order valence-electron chi connectivity index (χ2n) is 7.41. The average molecular weight is 385 g/mol. The van der Waals surface area contributed by atoms with Gasteiger partial charge in [0.15, 0.2) is 0 Å². The lowest BCUT2D eigenvalue weighted by molar-refractivity contribution is 0.0820. The van der Waals surface area contributed by atoms with Crippen LogP contribution in [0.5, 0.6) is 0 Å². The largest absolute Gasteiger partial charge is 0.376 e. The van der Waals surface area contributed by atoms with E-state index >= 15 is 0 Å². The van der Waals surface area contributed by atoms with E-state index in [9.17, 15) is 9.18 Å². The van der Waals surface area contributed by atoms with E-state index in [-0.39, 0.29) is 18.0 Å². The molecule has 1 aliphatic heterocycles. The second-order valence-corrected chi connectivity index (χ2v) is 7.41. The maximum atomic E-state index is 13.5. The van der Waals surface area contributed by atoms with Gasteiger partial charge < -0.3 is 19.9 Å². The van der Waals surface area contributed by atoms with Gasteiger partial charge in [0.1, 0.15) is 5.82 Å². The Balaban J connectivity index is 1.70. The number of likely N-dealkylation sites (N-methyl/N-ethyl adjacent to an activating group) is 1. The molecule has 0 aliphatic carbocycles. The van der Waals surface area contributed by atoms with Crippen molar-refractivity contribution in [3.05, 3.63) is 54.3 Å². The number of benzene rings is 2. The quantitative estimate of drug-likeness (QED) is 0.782. The number of hydrogen-bond acceptors (Lipinski definition) is 3. The molecule has 1 saturated heterocycles. The number of nitrogens with zero attached hydrogens (tertiary/aromatic N) is 2. The summed E-state index contributed by atoms with van der Waals surface area (Å²) in [6, 6.07) is 13.8. The highest BCUT2D eigenvalue weighted by Gasteiger charge is 2.22. The first kappa shape index (κ1) is 20.3. The molecule has 1 fully saturated rings. The number of urea groups is 1. The number of nitrogens with one attached hydrogen (secondary N) is 1.